The first-order valence-corrected chi connectivity index (χ1v) is 4.89. The van der Waals surface area contributed by atoms with E-state index in [4.69, 9.17) is 5.11 Å². The summed E-state index contributed by atoms with van der Waals surface area (Å²) in [6, 6.07) is 3.39. The molecule has 2 N–H and O–H groups in total. The minimum absolute atomic E-state index is 0.208. The van der Waals surface area contributed by atoms with Crippen LogP contribution in [0.2, 0.25) is 0 Å². The molecule has 2 rings (SSSR count). The molecule has 0 saturated heterocycles. The molecule has 0 radical (unpaired) electrons. The Bertz CT molecular complexity index is 445. The summed E-state index contributed by atoms with van der Waals surface area (Å²) in [4.78, 5) is 0. The SMILES string of the molecule is Oc1ccc(CN2N=CCN2)cc1C(F)(F)F. The van der Waals surface area contributed by atoms with E-state index >= 15 is 0 Å². The van der Waals surface area contributed by atoms with Gasteiger partial charge in [0.1, 0.15) is 5.75 Å². The zero-order chi connectivity index (χ0) is 12.5. The van der Waals surface area contributed by atoms with Gasteiger partial charge in [-0.25, -0.2) is 10.5 Å². The number of benzene rings is 1. The van der Waals surface area contributed by atoms with Gasteiger partial charge in [0.05, 0.1) is 18.7 Å². The Hall–Kier alpha value is -1.76. The van der Waals surface area contributed by atoms with Crippen LogP contribution < -0.4 is 5.43 Å². The Balaban J connectivity index is 2.21. The molecule has 0 saturated carbocycles. The minimum Gasteiger partial charge on any atom is -0.507 e. The highest BCUT2D eigenvalue weighted by atomic mass is 19.4. The van der Waals surface area contributed by atoms with Crippen molar-refractivity contribution in [2.45, 2.75) is 12.7 Å². The maximum Gasteiger partial charge on any atom is 0.419 e. The largest absolute Gasteiger partial charge is 0.507 e. The van der Waals surface area contributed by atoms with Gasteiger partial charge in [-0.05, 0) is 17.7 Å². The fourth-order valence-corrected chi connectivity index (χ4v) is 1.50. The highest BCUT2D eigenvalue weighted by Gasteiger charge is 2.34. The highest BCUT2D eigenvalue weighted by molar-refractivity contribution is 5.60. The summed E-state index contributed by atoms with van der Waals surface area (Å²) in [5, 5.41) is 14.5. The van der Waals surface area contributed by atoms with Gasteiger partial charge in [-0.3, -0.25) is 0 Å². The number of nitrogens with zero attached hydrogens (tertiary/aromatic N) is 2. The minimum atomic E-state index is -4.55. The zero-order valence-corrected chi connectivity index (χ0v) is 8.70. The van der Waals surface area contributed by atoms with Crippen molar-refractivity contribution in [2.24, 2.45) is 5.10 Å². The van der Waals surface area contributed by atoms with Crippen LogP contribution in [0.4, 0.5) is 13.2 Å². The van der Waals surface area contributed by atoms with Crippen molar-refractivity contribution in [1.29, 1.82) is 0 Å². The number of phenolic OH excluding ortho intramolecular Hbond substituents is 1. The lowest BCUT2D eigenvalue weighted by atomic mass is 10.1. The molecule has 4 nitrogen and oxygen atoms in total. The maximum atomic E-state index is 12.5. The number of aromatic hydroxyl groups is 1. The van der Waals surface area contributed by atoms with Crippen molar-refractivity contribution >= 4 is 6.21 Å². The van der Waals surface area contributed by atoms with E-state index in [9.17, 15) is 13.2 Å². The van der Waals surface area contributed by atoms with E-state index in [-0.39, 0.29) is 6.54 Å². The summed E-state index contributed by atoms with van der Waals surface area (Å²) < 4.78 is 37.6. The van der Waals surface area contributed by atoms with Crippen LogP contribution in [0.3, 0.4) is 0 Å². The van der Waals surface area contributed by atoms with Gasteiger partial charge in [0, 0.05) is 6.21 Å². The summed E-state index contributed by atoms with van der Waals surface area (Å²) in [6.45, 7) is 0.768. The molecule has 7 heteroatoms. The molecule has 1 aromatic rings. The second-order valence-corrected chi connectivity index (χ2v) is 3.57. The van der Waals surface area contributed by atoms with E-state index in [1.807, 2.05) is 0 Å². The predicted octanol–water partition coefficient (Wildman–Crippen LogP) is 1.72. The Morgan fingerprint density at radius 2 is 2.18 bits per heavy atom. The molecule has 1 aromatic carbocycles. The van der Waals surface area contributed by atoms with Gasteiger partial charge in [-0.2, -0.15) is 18.3 Å². The molecule has 0 fully saturated rings. The molecule has 1 heterocycles. The van der Waals surface area contributed by atoms with Crippen molar-refractivity contribution in [1.82, 2.24) is 10.5 Å². The normalized spacial score (nSPS) is 15.6. The number of hydrazone groups is 1. The summed E-state index contributed by atoms with van der Waals surface area (Å²) in [6.07, 6.45) is -2.94. The van der Waals surface area contributed by atoms with Crippen LogP contribution in [0.1, 0.15) is 11.1 Å². The van der Waals surface area contributed by atoms with Gasteiger partial charge in [0.25, 0.3) is 0 Å². The molecule has 1 aliphatic rings. The first-order valence-electron chi connectivity index (χ1n) is 4.89. The number of hydrazine groups is 1. The number of hydrogen-bond acceptors (Lipinski definition) is 4. The summed E-state index contributed by atoms with van der Waals surface area (Å²) in [5.74, 6) is -0.765. The van der Waals surface area contributed by atoms with E-state index in [2.05, 4.69) is 10.5 Å². The molecule has 0 bridgehead atoms. The lowest BCUT2D eigenvalue weighted by Gasteiger charge is -2.16. The van der Waals surface area contributed by atoms with E-state index in [1.54, 1.807) is 6.21 Å². The third-order valence-electron chi connectivity index (χ3n) is 2.28. The van der Waals surface area contributed by atoms with Crippen molar-refractivity contribution < 1.29 is 18.3 Å². The molecule has 0 spiro atoms. The molecule has 0 atom stereocenters. The van der Waals surface area contributed by atoms with Gasteiger partial charge in [0.2, 0.25) is 0 Å². The van der Waals surface area contributed by atoms with E-state index in [0.29, 0.717) is 12.1 Å². The lowest BCUT2D eigenvalue weighted by Crippen LogP contribution is -2.28. The topological polar surface area (TPSA) is 47.9 Å². The number of alkyl halides is 3. The maximum absolute atomic E-state index is 12.5. The molecule has 0 amide bonds. The Kier molecular flexibility index (Phi) is 2.93. The zero-order valence-electron chi connectivity index (χ0n) is 8.70. The third-order valence-corrected chi connectivity index (χ3v) is 2.28. The lowest BCUT2D eigenvalue weighted by molar-refractivity contribution is -0.138. The van der Waals surface area contributed by atoms with Crippen LogP contribution in [0, 0.1) is 0 Å². The Morgan fingerprint density at radius 3 is 2.76 bits per heavy atom. The summed E-state index contributed by atoms with van der Waals surface area (Å²) in [5.41, 5.74) is 2.23. The quantitative estimate of drug-likeness (QED) is 0.834. The number of rotatable bonds is 2. The van der Waals surface area contributed by atoms with Gasteiger partial charge in [-0.1, -0.05) is 6.07 Å². The molecule has 17 heavy (non-hydrogen) atoms. The van der Waals surface area contributed by atoms with Crippen LogP contribution in [0.25, 0.3) is 0 Å². The molecule has 0 aromatic heterocycles. The molecule has 0 unspecified atom stereocenters. The molecule has 92 valence electrons. The van der Waals surface area contributed by atoms with Gasteiger partial charge < -0.3 is 5.11 Å². The van der Waals surface area contributed by atoms with Crippen molar-refractivity contribution in [3.05, 3.63) is 29.3 Å². The monoisotopic (exact) mass is 245 g/mol. The number of hydrogen-bond donors (Lipinski definition) is 2. The fourth-order valence-electron chi connectivity index (χ4n) is 1.50. The molecular weight excluding hydrogens is 235 g/mol. The summed E-state index contributed by atoms with van der Waals surface area (Å²) >= 11 is 0. The second kappa shape index (κ2) is 4.25. The molecule has 0 aliphatic carbocycles. The Morgan fingerprint density at radius 1 is 1.41 bits per heavy atom. The fraction of sp³-hybridized carbons (Fsp3) is 0.300. The smallest absolute Gasteiger partial charge is 0.419 e. The number of nitrogens with one attached hydrogen (secondary N) is 1. The van der Waals surface area contributed by atoms with Crippen molar-refractivity contribution in [3.8, 4) is 5.75 Å². The van der Waals surface area contributed by atoms with Crippen molar-refractivity contribution in [3.63, 3.8) is 0 Å². The average Bonchev–Trinajstić information content (AvgIpc) is 2.72. The predicted molar refractivity (Wildman–Crippen MR) is 55.1 cm³/mol. The Labute approximate surface area is 95.3 Å². The van der Waals surface area contributed by atoms with Gasteiger partial charge >= 0.3 is 6.18 Å². The van der Waals surface area contributed by atoms with Crippen molar-refractivity contribution in [2.75, 3.05) is 6.54 Å². The third kappa shape index (κ3) is 2.68. The first kappa shape index (κ1) is 11.7. The van der Waals surface area contributed by atoms with E-state index in [0.717, 1.165) is 12.1 Å². The first-order chi connectivity index (χ1) is 7.97. The van der Waals surface area contributed by atoms with E-state index < -0.39 is 17.5 Å². The number of phenols is 1. The van der Waals surface area contributed by atoms with Gasteiger partial charge in [-0.15, -0.1) is 0 Å². The van der Waals surface area contributed by atoms with E-state index in [1.165, 1.54) is 11.2 Å². The van der Waals surface area contributed by atoms with Crippen LogP contribution in [0.5, 0.6) is 5.75 Å². The average molecular weight is 245 g/mol. The van der Waals surface area contributed by atoms with Crippen LogP contribution >= 0.6 is 0 Å². The summed E-state index contributed by atoms with van der Waals surface area (Å²) in [7, 11) is 0. The highest BCUT2D eigenvalue weighted by Crippen LogP contribution is 2.36. The molecule has 1 aliphatic heterocycles. The van der Waals surface area contributed by atoms with Crippen LogP contribution in [-0.2, 0) is 12.7 Å². The van der Waals surface area contributed by atoms with Crippen LogP contribution in [-0.4, -0.2) is 23.0 Å². The van der Waals surface area contributed by atoms with Gasteiger partial charge in [0.15, 0.2) is 0 Å². The second-order valence-electron chi connectivity index (χ2n) is 3.57. The number of halogens is 3. The van der Waals surface area contributed by atoms with Crippen LogP contribution in [0.15, 0.2) is 23.3 Å². The molecular formula is C10H10F3N3O. The standard InChI is InChI=1S/C10H10F3N3O/c11-10(12,13)8-5-7(1-2-9(8)17)6-16-14-3-4-15-16/h1-3,5,15,17H,4,6H2.